The molecule has 0 aliphatic carbocycles. The van der Waals surface area contributed by atoms with E-state index in [1.54, 1.807) is 41.6 Å². The van der Waals surface area contributed by atoms with Crippen LogP contribution in [0.4, 0.5) is 5.69 Å². The third kappa shape index (κ3) is 3.49. The molecule has 28 heavy (non-hydrogen) atoms. The number of aliphatic hydroxyl groups excluding tert-OH is 1. The molecule has 3 rings (SSSR count). The summed E-state index contributed by atoms with van der Waals surface area (Å²) in [4.78, 5) is 2.15. The Hall–Kier alpha value is -2.80. The summed E-state index contributed by atoms with van der Waals surface area (Å²) in [5.74, 6) is 3.14. The summed E-state index contributed by atoms with van der Waals surface area (Å²) >= 11 is 0. The molecule has 0 saturated carbocycles. The van der Waals surface area contributed by atoms with E-state index in [4.69, 9.17) is 23.7 Å². The highest BCUT2D eigenvalue weighted by molar-refractivity contribution is 5.69. The van der Waals surface area contributed by atoms with Gasteiger partial charge in [0.05, 0.1) is 47.8 Å². The molecule has 0 saturated heterocycles. The highest BCUT2D eigenvalue weighted by atomic mass is 16.5. The van der Waals surface area contributed by atoms with Crippen LogP contribution < -0.4 is 28.6 Å². The third-order valence-corrected chi connectivity index (χ3v) is 5.12. The van der Waals surface area contributed by atoms with Gasteiger partial charge < -0.3 is 33.7 Å². The van der Waals surface area contributed by atoms with Crippen LogP contribution in [0, 0.1) is 0 Å². The van der Waals surface area contributed by atoms with Gasteiger partial charge in [0.1, 0.15) is 5.75 Å². The van der Waals surface area contributed by atoms with Crippen molar-refractivity contribution in [3.63, 3.8) is 0 Å². The van der Waals surface area contributed by atoms with E-state index < -0.39 is 0 Å². The van der Waals surface area contributed by atoms with Crippen molar-refractivity contribution in [1.29, 1.82) is 0 Å². The molecule has 1 atom stereocenters. The number of methoxy groups -OCH3 is 5. The van der Waals surface area contributed by atoms with Gasteiger partial charge in [0.2, 0.25) is 0 Å². The second kappa shape index (κ2) is 8.48. The predicted octanol–water partition coefficient (Wildman–Crippen LogP) is 2.83. The molecule has 1 heterocycles. The first-order chi connectivity index (χ1) is 13.6. The SMILES string of the molecule is COc1cc(OC)c(OC)c(N2Cc3cc(OC)c(OC)cc3C(CO)C2)c1. The average Bonchev–Trinajstić information content (AvgIpc) is 2.75. The van der Waals surface area contributed by atoms with Gasteiger partial charge in [-0.25, -0.2) is 0 Å². The minimum absolute atomic E-state index is 0.0163. The Balaban J connectivity index is 2.09. The third-order valence-electron chi connectivity index (χ3n) is 5.12. The van der Waals surface area contributed by atoms with Gasteiger partial charge in [-0.2, -0.15) is 0 Å². The van der Waals surface area contributed by atoms with Gasteiger partial charge in [-0.05, 0) is 23.3 Å². The zero-order chi connectivity index (χ0) is 20.3. The smallest absolute Gasteiger partial charge is 0.184 e. The molecule has 0 aromatic heterocycles. The van der Waals surface area contributed by atoms with Crippen LogP contribution >= 0.6 is 0 Å². The lowest BCUT2D eigenvalue weighted by atomic mass is 9.89. The fraction of sp³-hybridized carbons (Fsp3) is 0.429. The first-order valence-electron chi connectivity index (χ1n) is 9.00. The van der Waals surface area contributed by atoms with E-state index in [0.29, 0.717) is 41.8 Å². The fourth-order valence-electron chi connectivity index (χ4n) is 3.70. The lowest BCUT2D eigenvalue weighted by Gasteiger charge is -2.37. The normalized spacial score (nSPS) is 15.6. The van der Waals surface area contributed by atoms with Crippen molar-refractivity contribution in [1.82, 2.24) is 0 Å². The van der Waals surface area contributed by atoms with Crippen LogP contribution in [0.3, 0.4) is 0 Å². The topological polar surface area (TPSA) is 69.6 Å². The molecule has 1 N–H and O–H groups in total. The maximum atomic E-state index is 10.0. The second-order valence-corrected chi connectivity index (χ2v) is 6.55. The van der Waals surface area contributed by atoms with E-state index >= 15 is 0 Å². The summed E-state index contributed by atoms with van der Waals surface area (Å²) in [6.45, 7) is 1.26. The molecule has 152 valence electrons. The Bertz CT molecular complexity index is 838. The van der Waals surface area contributed by atoms with Crippen LogP contribution in [0.25, 0.3) is 0 Å². The highest BCUT2D eigenvalue weighted by Crippen LogP contribution is 2.45. The number of ether oxygens (including phenoxy) is 5. The number of aliphatic hydroxyl groups is 1. The summed E-state index contributed by atoms with van der Waals surface area (Å²) in [5.41, 5.74) is 2.97. The van der Waals surface area contributed by atoms with Gasteiger partial charge in [-0.1, -0.05) is 0 Å². The summed E-state index contributed by atoms with van der Waals surface area (Å²) in [5, 5.41) is 10.0. The van der Waals surface area contributed by atoms with Crippen LogP contribution in [0.15, 0.2) is 24.3 Å². The van der Waals surface area contributed by atoms with Gasteiger partial charge >= 0.3 is 0 Å². The molecular formula is C21H27NO6. The summed E-state index contributed by atoms with van der Waals surface area (Å²) in [7, 11) is 8.05. The van der Waals surface area contributed by atoms with Crippen molar-refractivity contribution in [2.45, 2.75) is 12.5 Å². The van der Waals surface area contributed by atoms with Crippen molar-refractivity contribution in [2.75, 3.05) is 53.6 Å². The molecule has 7 nitrogen and oxygen atoms in total. The number of nitrogens with zero attached hydrogens (tertiary/aromatic N) is 1. The summed E-state index contributed by atoms with van der Waals surface area (Å²) in [6.07, 6.45) is 0. The molecule has 1 aliphatic rings. The number of hydrogen-bond donors (Lipinski definition) is 1. The maximum Gasteiger partial charge on any atom is 0.184 e. The Kier molecular flexibility index (Phi) is 6.04. The van der Waals surface area contributed by atoms with E-state index in [9.17, 15) is 5.11 Å². The summed E-state index contributed by atoms with van der Waals surface area (Å²) < 4.78 is 27.4. The Morgan fingerprint density at radius 3 is 2.11 bits per heavy atom. The Morgan fingerprint density at radius 1 is 0.857 bits per heavy atom. The van der Waals surface area contributed by atoms with Crippen molar-refractivity contribution < 1.29 is 28.8 Å². The van der Waals surface area contributed by atoms with E-state index in [1.807, 2.05) is 18.2 Å². The van der Waals surface area contributed by atoms with Crippen molar-refractivity contribution in [3.8, 4) is 28.7 Å². The quantitative estimate of drug-likeness (QED) is 0.781. The molecule has 0 radical (unpaired) electrons. The molecular weight excluding hydrogens is 362 g/mol. The standard InChI is InChI=1S/C21H27NO6/c1-24-15-7-17(21(28-5)20(8-15)27-4)22-10-13-6-18(25-2)19(26-3)9-16(13)14(11-22)12-23/h6-9,14,23H,10-12H2,1-5H3. The highest BCUT2D eigenvalue weighted by Gasteiger charge is 2.29. The van der Waals surface area contributed by atoms with Crippen LogP contribution in [0.1, 0.15) is 17.0 Å². The first kappa shape index (κ1) is 19.9. The maximum absolute atomic E-state index is 10.0. The van der Waals surface area contributed by atoms with E-state index in [2.05, 4.69) is 4.90 Å². The van der Waals surface area contributed by atoms with Gasteiger partial charge in [0.25, 0.3) is 0 Å². The molecule has 1 aliphatic heterocycles. The van der Waals surface area contributed by atoms with Gasteiger partial charge in [-0.15, -0.1) is 0 Å². The number of anilines is 1. The largest absolute Gasteiger partial charge is 0.497 e. The molecule has 0 amide bonds. The average molecular weight is 389 g/mol. The van der Waals surface area contributed by atoms with Gasteiger partial charge in [0.15, 0.2) is 23.0 Å². The zero-order valence-corrected chi connectivity index (χ0v) is 16.9. The number of rotatable bonds is 7. The molecule has 7 heteroatoms. The lowest BCUT2D eigenvalue weighted by molar-refractivity contribution is 0.260. The molecule has 1 unspecified atom stereocenters. The van der Waals surface area contributed by atoms with Crippen LogP contribution in [0.2, 0.25) is 0 Å². The monoisotopic (exact) mass is 389 g/mol. The van der Waals surface area contributed by atoms with Gasteiger partial charge in [-0.3, -0.25) is 0 Å². The van der Waals surface area contributed by atoms with E-state index in [-0.39, 0.29) is 12.5 Å². The molecule has 0 fully saturated rings. The summed E-state index contributed by atoms with van der Waals surface area (Å²) in [6, 6.07) is 7.63. The molecule has 2 aromatic rings. The second-order valence-electron chi connectivity index (χ2n) is 6.55. The fourth-order valence-corrected chi connectivity index (χ4v) is 3.70. The molecule has 2 aromatic carbocycles. The number of hydrogen-bond acceptors (Lipinski definition) is 7. The molecule has 0 spiro atoms. The zero-order valence-electron chi connectivity index (χ0n) is 16.9. The van der Waals surface area contributed by atoms with Crippen LogP contribution in [0.5, 0.6) is 28.7 Å². The van der Waals surface area contributed by atoms with Crippen LogP contribution in [-0.2, 0) is 6.54 Å². The Labute approximate surface area is 165 Å². The van der Waals surface area contributed by atoms with Gasteiger partial charge in [0, 0.05) is 31.1 Å². The minimum atomic E-state index is -0.0783. The van der Waals surface area contributed by atoms with E-state index in [0.717, 1.165) is 16.8 Å². The first-order valence-corrected chi connectivity index (χ1v) is 9.00. The Morgan fingerprint density at radius 2 is 1.54 bits per heavy atom. The van der Waals surface area contributed by atoms with Crippen molar-refractivity contribution >= 4 is 5.69 Å². The van der Waals surface area contributed by atoms with Crippen molar-refractivity contribution in [2.24, 2.45) is 0 Å². The molecule has 0 bridgehead atoms. The van der Waals surface area contributed by atoms with Crippen molar-refractivity contribution in [3.05, 3.63) is 35.4 Å². The minimum Gasteiger partial charge on any atom is -0.497 e. The van der Waals surface area contributed by atoms with E-state index in [1.165, 1.54) is 0 Å². The predicted molar refractivity (Wildman–Crippen MR) is 107 cm³/mol. The van der Waals surface area contributed by atoms with Crippen LogP contribution in [-0.4, -0.2) is 53.8 Å². The lowest BCUT2D eigenvalue weighted by Crippen LogP contribution is -2.35. The number of fused-ring (bicyclic) bond motifs is 1. The number of benzene rings is 2.